The quantitative estimate of drug-likeness (QED) is 0.876. The number of carbonyl (C=O) groups excluding carboxylic acids is 1. The summed E-state index contributed by atoms with van der Waals surface area (Å²) in [5.41, 5.74) is 0.273. The Hall–Kier alpha value is -1.88. The van der Waals surface area contributed by atoms with Gasteiger partial charge in [0, 0.05) is 12.7 Å². The largest absolute Gasteiger partial charge is 0.388 e. The van der Waals surface area contributed by atoms with Crippen LogP contribution in [0.3, 0.4) is 0 Å². The Kier molecular flexibility index (Phi) is 3.57. The summed E-state index contributed by atoms with van der Waals surface area (Å²) < 4.78 is 1.72. The number of rotatable bonds is 4. The third-order valence-corrected chi connectivity index (χ3v) is 3.50. The molecule has 2 heterocycles. The number of hydrogen-bond donors (Lipinski definition) is 2. The van der Waals surface area contributed by atoms with Crippen molar-refractivity contribution in [3.8, 4) is 0 Å². The van der Waals surface area contributed by atoms with Crippen molar-refractivity contribution in [2.75, 3.05) is 6.54 Å². The SMILES string of the molecule is CC(C)C(C)(O)CNC(=O)c1cnc2ccccn12. The summed E-state index contributed by atoms with van der Waals surface area (Å²) >= 11 is 0. The van der Waals surface area contributed by atoms with Gasteiger partial charge < -0.3 is 10.4 Å². The zero-order chi connectivity index (χ0) is 14.0. The van der Waals surface area contributed by atoms with E-state index in [2.05, 4.69) is 10.3 Å². The molecule has 0 fully saturated rings. The van der Waals surface area contributed by atoms with Gasteiger partial charge in [0.2, 0.25) is 0 Å². The van der Waals surface area contributed by atoms with E-state index in [0.717, 1.165) is 5.65 Å². The average Bonchev–Trinajstić information content (AvgIpc) is 2.79. The number of aromatic nitrogens is 2. The van der Waals surface area contributed by atoms with Crippen LogP contribution in [0.2, 0.25) is 0 Å². The molecule has 1 amide bonds. The van der Waals surface area contributed by atoms with Crippen LogP contribution in [0.15, 0.2) is 30.6 Å². The molecular formula is C14H19N3O2. The van der Waals surface area contributed by atoms with E-state index in [9.17, 15) is 9.90 Å². The second kappa shape index (κ2) is 5.01. The van der Waals surface area contributed by atoms with Gasteiger partial charge in [-0.2, -0.15) is 0 Å². The van der Waals surface area contributed by atoms with Crippen LogP contribution in [0.25, 0.3) is 5.65 Å². The lowest BCUT2D eigenvalue weighted by Gasteiger charge is -2.27. The number of pyridine rings is 1. The summed E-state index contributed by atoms with van der Waals surface area (Å²) in [6, 6.07) is 5.55. The van der Waals surface area contributed by atoms with Gasteiger partial charge in [-0.1, -0.05) is 19.9 Å². The summed E-state index contributed by atoms with van der Waals surface area (Å²) in [7, 11) is 0. The summed E-state index contributed by atoms with van der Waals surface area (Å²) in [6.45, 7) is 5.76. The van der Waals surface area contributed by atoms with Gasteiger partial charge in [-0.25, -0.2) is 4.98 Å². The monoisotopic (exact) mass is 261 g/mol. The molecule has 0 radical (unpaired) electrons. The molecule has 2 rings (SSSR count). The van der Waals surface area contributed by atoms with Gasteiger partial charge in [-0.3, -0.25) is 9.20 Å². The molecule has 5 heteroatoms. The number of amides is 1. The van der Waals surface area contributed by atoms with Gasteiger partial charge in [0.05, 0.1) is 11.8 Å². The lowest BCUT2D eigenvalue weighted by Crippen LogP contribution is -2.44. The molecule has 5 nitrogen and oxygen atoms in total. The first-order chi connectivity index (χ1) is 8.92. The highest BCUT2D eigenvalue weighted by Gasteiger charge is 2.26. The fraction of sp³-hybridized carbons (Fsp3) is 0.429. The van der Waals surface area contributed by atoms with Gasteiger partial charge in [-0.15, -0.1) is 0 Å². The molecule has 0 aromatic carbocycles. The lowest BCUT2D eigenvalue weighted by atomic mass is 9.92. The molecule has 1 atom stereocenters. The Morgan fingerprint density at radius 2 is 2.26 bits per heavy atom. The first-order valence-electron chi connectivity index (χ1n) is 6.34. The summed E-state index contributed by atoms with van der Waals surface area (Å²) in [5, 5.41) is 12.9. The maximum absolute atomic E-state index is 12.1. The van der Waals surface area contributed by atoms with Crippen molar-refractivity contribution >= 4 is 11.6 Å². The molecule has 0 aliphatic carbocycles. The van der Waals surface area contributed by atoms with Gasteiger partial charge in [0.1, 0.15) is 11.3 Å². The van der Waals surface area contributed by atoms with E-state index >= 15 is 0 Å². The normalized spacial score (nSPS) is 14.6. The maximum Gasteiger partial charge on any atom is 0.270 e. The highest BCUT2D eigenvalue weighted by molar-refractivity contribution is 5.93. The van der Waals surface area contributed by atoms with Crippen LogP contribution in [0, 0.1) is 5.92 Å². The summed E-state index contributed by atoms with van der Waals surface area (Å²) in [4.78, 5) is 16.3. The number of aliphatic hydroxyl groups is 1. The predicted octanol–water partition coefficient (Wildman–Crippen LogP) is 1.47. The van der Waals surface area contributed by atoms with Crippen molar-refractivity contribution in [1.29, 1.82) is 0 Å². The van der Waals surface area contributed by atoms with E-state index in [-0.39, 0.29) is 18.4 Å². The molecule has 1 unspecified atom stereocenters. The Morgan fingerprint density at radius 1 is 1.53 bits per heavy atom. The number of imidazole rings is 1. The van der Waals surface area contributed by atoms with Crippen LogP contribution in [0.1, 0.15) is 31.3 Å². The van der Waals surface area contributed by atoms with Crippen molar-refractivity contribution in [2.45, 2.75) is 26.4 Å². The molecule has 0 saturated carbocycles. The molecular weight excluding hydrogens is 242 g/mol. The molecule has 0 bridgehead atoms. The minimum atomic E-state index is -0.920. The minimum Gasteiger partial charge on any atom is -0.388 e. The first kappa shape index (κ1) is 13.5. The van der Waals surface area contributed by atoms with Crippen molar-refractivity contribution in [3.05, 3.63) is 36.3 Å². The predicted molar refractivity (Wildman–Crippen MR) is 73.0 cm³/mol. The van der Waals surface area contributed by atoms with Crippen LogP contribution in [0.4, 0.5) is 0 Å². The van der Waals surface area contributed by atoms with Gasteiger partial charge in [-0.05, 0) is 25.0 Å². The Bertz CT molecular complexity index is 587. The van der Waals surface area contributed by atoms with Crippen molar-refractivity contribution in [1.82, 2.24) is 14.7 Å². The number of fused-ring (bicyclic) bond motifs is 1. The third kappa shape index (κ3) is 2.76. The molecule has 19 heavy (non-hydrogen) atoms. The zero-order valence-corrected chi connectivity index (χ0v) is 11.4. The van der Waals surface area contributed by atoms with E-state index < -0.39 is 5.60 Å². The van der Waals surface area contributed by atoms with E-state index in [1.807, 2.05) is 32.0 Å². The fourth-order valence-corrected chi connectivity index (χ4v) is 1.65. The van der Waals surface area contributed by atoms with E-state index in [4.69, 9.17) is 0 Å². The zero-order valence-electron chi connectivity index (χ0n) is 11.4. The number of carbonyl (C=O) groups is 1. The van der Waals surface area contributed by atoms with E-state index in [1.54, 1.807) is 17.5 Å². The summed E-state index contributed by atoms with van der Waals surface area (Å²) in [5.74, 6) is -0.172. The Labute approximate surface area is 112 Å². The van der Waals surface area contributed by atoms with Crippen LogP contribution in [-0.4, -0.2) is 32.5 Å². The van der Waals surface area contributed by atoms with Gasteiger partial charge >= 0.3 is 0 Å². The van der Waals surface area contributed by atoms with E-state index in [1.165, 1.54) is 6.20 Å². The average molecular weight is 261 g/mol. The molecule has 0 aliphatic heterocycles. The number of hydrogen-bond acceptors (Lipinski definition) is 3. The van der Waals surface area contributed by atoms with E-state index in [0.29, 0.717) is 5.69 Å². The number of nitrogens with one attached hydrogen (secondary N) is 1. The molecule has 0 saturated heterocycles. The number of nitrogens with zero attached hydrogens (tertiary/aromatic N) is 2. The highest BCUT2D eigenvalue weighted by Crippen LogP contribution is 2.15. The second-order valence-electron chi connectivity index (χ2n) is 5.27. The molecule has 0 aliphatic rings. The van der Waals surface area contributed by atoms with Crippen LogP contribution < -0.4 is 5.32 Å². The third-order valence-electron chi connectivity index (χ3n) is 3.50. The van der Waals surface area contributed by atoms with Crippen molar-refractivity contribution in [2.24, 2.45) is 5.92 Å². The maximum atomic E-state index is 12.1. The molecule has 2 aromatic rings. The Balaban J connectivity index is 2.13. The van der Waals surface area contributed by atoms with Crippen molar-refractivity contribution in [3.63, 3.8) is 0 Å². The van der Waals surface area contributed by atoms with Gasteiger partial charge in [0.15, 0.2) is 0 Å². The Morgan fingerprint density at radius 3 is 2.95 bits per heavy atom. The minimum absolute atomic E-state index is 0.0648. The first-order valence-corrected chi connectivity index (χ1v) is 6.34. The topological polar surface area (TPSA) is 66.6 Å². The highest BCUT2D eigenvalue weighted by atomic mass is 16.3. The second-order valence-corrected chi connectivity index (χ2v) is 5.27. The molecule has 102 valence electrons. The molecule has 0 spiro atoms. The summed E-state index contributed by atoms with van der Waals surface area (Å²) in [6.07, 6.45) is 3.33. The molecule has 2 N–H and O–H groups in total. The van der Waals surface area contributed by atoms with Crippen LogP contribution in [0.5, 0.6) is 0 Å². The van der Waals surface area contributed by atoms with Crippen molar-refractivity contribution < 1.29 is 9.90 Å². The fourth-order valence-electron chi connectivity index (χ4n) is 1.65. The van der Waals surface area contributed by atoms with Gasteiger partial charge in [0.25, 0.3) is 5.91 Å². The van der Waals surface area contributed by atoms with Crippen LogP contribution >= 0.6 is 0 Å². The lowest BCUT2D eigenvalue weighted by molar-refractivity contribution is 0.0141. The standard InChI is InChI=1S/C14H19N3O2/c1-10(2)14(3,19)9-16-13(18)11-8-15-12-6-4-5-7-17(11)12/h4-8,10,19H,9H2,1-3H3,(H,16,18). The molecule has 2 aromatic heterocycles. The smallest absolute Gasteiger partial charge is 0.270 e. The van der Waals surface area contributed by atoms with Crippen LogP contribution in [-0.2, 0) is 0 Å².